The average molecular weight is 361 g/mol. The number of nitrogens with zero attached hydrogens (tertiary/aromatic N) is 1. The molecule has 24 heavy (non-hydrogen) atoms. The van der Waals surface area contributed by atoms with Gasteiger partial charge < -0.3 is 5.32 Å². The number of nitrogens with one attached hydrogen (secondary N) is 1. The fraction of sp³-hybridized carbons (Fsp3) is 0.471. The zero-order valence-corrected chi connectivity index (χ0v) is 14.5. The normalized spacial score (nSPS) is 20.0. The largest absolute Gasteiger partial charge is 0.419 e. The van der Waals surface area contributed by atoms with E-state index in [0.717, 1.165) is 17.7 Å². The topological polar surface area (TPSA) is 24.9 Å². The van der Waals surface area contributed by atoms with E-state index in [0.29, 0.717) is 5.56 Å². The SMILES string of the molecule is Cc1c2c(cc3c(C(F)(F)F)c(F)c(Cl)nc13)C(C)CC(C)(C)N2. The minimum absolute atomic E-state index is 0.0409. The van der Waals surface area contributed by atoms with E-state index < -0.39 is 22.7 Å². The highest BCUT2D eigenvalue weighted by atomic mass is 35.5. The molecule has 1 atom stereocenters. The van der Waals surface area contributed by atoms with Crippen LogP contribution in [-0.4, -0.2) is 10.5 Å². The second kappa shape index (κ2) is 5.22. The van der Waals surface area contributed by atoms with Gasteiger partial charge in [-0.15, -0.1) is 0 Å². The number of rotatable bonds is 0. The van der Waals surface area contributed by atoms with Gasteiger partial charge in [-0.05, 0) is 50.3 Å². The van der Waals surface area contributed by atoms with Crippen LogP contribution in [0, 0.1) is 12.7 Å². The molecule has 0 bridgehead atoms. The average Bonchev–Trinajstić information content (AvgIpc) is 2.41. The summed E-state index contributed by atoms with van der Waals surface area (Å²) in [6.07, 6.45) is -4.09. The maximum Gasteiger partial charge on any atom is 0.419 e. The second-order valence-electron chi connectivity index (χ2n) is 7.07. The minimum Gasteiger partial charge on any atom is -0.380 e. The predicted octanol–water partition coefficient (Wildman–Crippen LogP) is 6.05. The molecule has 1 N–H and O–H groups in total. The van der Waals surface area contributed by atoms with Crippen molar-refractivity contribution in [1.29, 1.82) is 0 Å². The number of alkyl halides is 3. The van der Waals surface area contributed by atoms with Crippen molar-refractivity contribution in [2.24, 2.45) is 0 Å². The van der Waals surface area contributed by atoms with E-state index in [2.05, 4.69) is 10.3 Å². The maximum atomic E-state index is 14.1. The van der Waals surface area contributed by atoms with Gasteiger partial charge in [0.15, 0.2) is 11.0 Å². The summed E-state index contributed by atoms with van der Waals surface area (Å²) in [7, 11) is 0. The van der Waals surface area contributed by atoms with Crippen LogP contribution in [0.25, 0.3) is 10.9 Å². The number of aromatic nitrogens is 1. The summed E-state index contributed by atoms with van der Waals surface area (Å²) in [6.45, 7) is 7.70. The summed E-state index contributed by atoms with van der Waals surface area (Å²) in [4.78, 5) is 3.88. The molecule has 0 saturated heterocycles. The zero-order valence-electron chi connectivity index (χ0n) is 13.7. The van der Waals surface area contributed by atoms with E-state index in [4.69, 9.17) is 11.6 Å². The van der Waals surface area contributed by atoms with Crippen LogP contribution in [0.4, 0.5) is 23.2 Å². The Morgan fingerprint density at radius 3 is 2.54 bits per heavy atom. The van der Waals surface area contributed by atoms with Gasteiger partial charge in [0.1, 0.15) is 5.56 Å². The first-order chi connectivity index (χ1) is 10.9. The fourth-order valence-electron chi connectivity index (χ4n) is 3.63. The number of hydrogen-bond donors (Lipinski definition) is 1. The molecule has 0 aliphatic carbocycles. The van der Waals surface area contributed by atoms with Crippen LogP contribution in [0.5, 0.6) is 0 Å². The monoisotopic (exact) mass is 360 g/mol. The third-order valence-electron chi connectivity index (χ3n) is 4.55. The Kier molecular flexibility index (Phi) is 3.75. The molecular formula is C17H17ClF4N2. The third-order valence-corrected chi connectivity index (χ3v) is 4.80. The summed E-state index contributed by atoms with van der Waals surface area (Å²) in [5.41, 5.74) is 0.587. The second-order valence-corrected chi connectivity index (χ2v) is 7.42. The van der Waals surface area contributed by atoms with Gasteiger partial charge in [0.25, 0.3) is 0 Å². The Morgan fingerprint density at radius 2 is 1.96 bits per heavy atom. The highest BCUT2D eigenvalue weighted by Crippen LogP contribution is 2.46. The van der Waals surface area contributed by atoms with E-state index >= 15 is 0 Å². The Labute approximate surface area is 142 Å². The highest BCUT2D eigenvalue weighted by Gasteiger charge is 2.39. The van der Waals surface area contributed by atoms with Gasteiger partial charge in [-0.1, -0.05) is 18.5 Å². The molecule has 0 amide bonds. The number of anilines is 1. The van der Waals surface area contributed by atoms with Crippen molar-refractivity contribution >= 4 is 28.2 Å². The summed E-state index contributed by atoms with van der Waals surface area (Å²) in [5, 5.41) is 2.36. The molecule has 7 heteroatoms. The van der Waals surface area contributed by atoms with E-state index in [-0.39, 0.29) is 22.4 Å². The molecule has 2 nitrogen and oxygen atoms in total. The molecule has 1 aliphatic heterocycles. The lowest BCUT2D eigenvalue weighted by molar-refractivity contribution is -0.138. The Hall–Kier alpha value is -1.56. The third kappa shape index (κ3) is 2.61. The van der Waals surface area contributed by atoms with Gasteiger partial charge >= 0.3 is 6.18 Å². The highest BCUT2D eigenvalue weighted by molar-refractivity contribution is 6.30. The molecule has 2 heterocycles. The first-order valence-electron chi connectivity index (χ1n) is 7.60. The first kappa shape index (κ1) is 17.3. The van der Waals surface area contributed by atoms with E-state index in [1.54, 1.807) is 6.92 Å². The fourth-order valence-corrected chi connectivity index (χ4v) is 3.81. The van der Waals surface area contributed by atoms with Crippen molar-refractivity contribution < 1.29 is 17.6 Å². The van der Waals surface area contributed by atoms with Crippen molar-refractivity contribution in [1.82, 2.24) is 4.98 Å². The van der Waals surface area contributed by atoms with Crippen molar-refractivity contribution in [2.45, 2.75) is 51.7 Å². The van der Waals surface area contributed by atoms with E-state index in [9.17, 15) is 17.6 Å². The minimum atomic E-state index is -4.85. The molecule has 0 saturated carbocycles. The van der Waals surface area contributed by atoms with E-state index in [1.807, 2.05) is 20.8 Å². The van der Waals surface area contributed by atoms with Crippen LogP contribution >= 0.6 is 11.6 Å². The van der Waals surface area contributed by atoms with Crippen LogP contribution in [0.1, 0.15) is 49.8 Å². The summed E-state index contributed by atoms with van der Waals surface area (Å²) in [6, 6.07) is 1.40. The molecule has 1 aromatic carbocycles. The summed E-state index contributed by atoms with van der Waals surface area (Å²) >= 11 is 5.63. The number of benzene rings is 1. The standard InChI is InChI=1S/C17H17ClF4N2/c1-7-6-16(3,4)24-14-8(2)13-10(5-9(7)14)11(17(20,21)22)12(19)15(18)23-13/h5,7,24H,6H2,1-4H3. The van der Waals surface area contributed by atoms with Crippen LogP contribution in [0.15, 0.2) is 6.07 Å². The number of aryl methyl sites for hydroxylation is 1. The van der Waals surface area contributed by atoms with E-state index in [1.165, 1.54) is 6.07 Å². The molecule has 3 rings (SSSR count). The summed E-state index contributed by atoms with van der Waals surface area (Å²) < 4.78 is 54.3. The van der Waals surface area contributed by atoms with Crippen molar-refractivity contribution in [3.05, 3.63) is 33.7 Å². The number of halogens is 5. The van der Waals surface area contributed by atoms with Crippen molar-refractivity contribution in [3.63, 3.8) is 0 Å². The van der Waals surface area contributed by atoms with Gasteiger partial charge in [-0.25, -0.2) is 9.37 Å². The van der Waals surface area contributed by atoms with Crippen LogP contribution in [0.3, 0.4) is 0 Å². The number of hydrogen-bond acceptors (Lipinski definition) is 2. The lowest BCUT2D eigenvalue weighted by Crippen LogP contribution is -2.37. The molecule has 1 unspecified atom stereocenters. The molecule has 1 aliphatic rings. The van der Waals surface area contributed by atoms with Crippen molar-refractivity contribution in [2.75, 3.05) is 5.32 Å². The molecule has 1 aromatic heterocycles. The van der Waals surface area contributed by atoms with Gasteiger partial charge in [0.2, 0.25) is 0 Å². The number of pyridine rings is 1. The van der Waals surface area contributed by atoms with Crippen LogP contribution < -0.4 is 5.32 Å². The maximum absolute atomic E-state index is 14.1. The lowest BCUT2D eigenvalue weighted by atomic mass is 9.80. The molecular weight excluding hydrogens is 344 g/mol. The predicted molar refractivity (Wildman–Crippen MR) is 87.2 cm³/mol. The quantitative estimate of drug-likeness (QED) is 0.456. The Balaban J connectivity index is 2.44. The molecule has 2 aromatic rings. The smallest absolute Gasteiger partial charge is 0.380 e. The van der Waals surface area contributed by atoms with Gasteiger partial charge in [-0.2, -0.15) is 13.2 Å². The van der Waals surface area contributed by atoms with Gasteiger partial charge in [0, 0.05) is 16.6 Å². The van der Waals surface area contributed by atoms with Crippen LogP contribution in [0.2, 0.25) is 5.15 Å². The van der Waals surface area contributed by atoms with Crippen LogP contribution in [-0.2, 0) is 6.18 Å². The van der Waals surface area contributed by atoms with Gasteiger partial charge in [0.05, 0.1) is 5.52 Å². The molecule has 0 fully saturated rings. The number of fused-ring (bicyclic) bond motifs is 2. The molecule has 130 valence electrons. The zero-order chi connectivity index (χ0) is 18.0. The lowest BCUT2D eigenvalue weighted by Gasteiger charge is -2.39. The van der Waals surface area contributed by atoms with Gasteiger partial charge in [-0.3, -0.25) is 0 Å². The first-order valence-corrected chi connectivity index (χ1v) is 7.98. The Morgan fingerprint density at radius 1 is 1.33 bits per heavy atom. The van der Waals surface area contributed by atoms with Crippen molar-refractivity contribution in [3.8, 4) is 0 Å². The summed E-state index contributed by atoms with van der Waals surface area (Å²) in [5.74, 6) is -1.48. The Bertz CT molecular complexity index is 843. The molecule has 0 radical (unpaired) electrons. The molecule has 0 spiro atoms.